The predicted octanol–water partition coefficient (Wildman–Crippen LogP) is 0.167. The molecule has 0 spiro atoms. The highest BCUT2D eigenvalue weighted by Crippen LogP contribution is 2.01. The number of hydrogen-bond donors (Lipinski definition) is 4. The number of urea groups is 1. The molecule has 0 radical (unpaired) electrons. The molecule has 0 bridgehead atoms. The van der Waals surface area contributed by atoms with Crippen molar-refractivity contribution in [1.82, 2.24) is 10.6 Å². The normalized spacial score (nSPS) is 12.2. The van der Waals surface area contributed by atoms with Crippen molar-refractivity contribution in [3.8, 4) is 0 Å². The molecule has 1 atom stereocenters. The lowest BCUT2D eigenvalue weighted by Crippen LogP contribution is -2.48. The highest BCUT2D eigenvalue weighted by atomic mass is 16.4. The Hall–Kier alpha value is -1.30. The average Bonchev–Trinajstić information content (AvgIpc) is 2.20. The van der Waals surface area contributed by atoms with Crippen LogP contribution in [0.4, 0.5) is 4.79 Å². The average molecular weight is 232 g/mol. The Morgan fingerprint density at radius 2 is 1.94 bits per heavy atom. The lowest BCUT2D eigenvalue weighted by molar-refractivity contribution is -0.140. The fourth-order valence-electron chi connectivity index (χ4n) is 1.11. The van der Waals surface area contributed by atoms with E-state index in [0.29, 0.717) is 12.5 Å². The molecule has 0 aliphatic heterocycles. The largest absolute Gasteiger partial charge is 0.480 e. The summed E-state index contributed by atoms with van der Waals surface area (Å²) in [6.07, 6.45) is 1.85. The second-order valence-corrected chi connectivity index (χ2v) is 4.01. The number of carbonyl (C=O) groups excluding carboxylic acids is 1. The molecular formula is C10H20N2O4. The van der Waals surface area contributed by atoms with Crippen molar-refractivity contribution < 1.29 is 19.8 Å². The number of aliphatic hydroxyl groups excluding tert-OH is 1. The van der Waals surface area contributed by atoms with E-state index in [1.807, 2.05) is 0 Å². The summed E-state index contributed by atoms with van der Waals surface area (Å²) in [6.45, 7) is 4.06. The summed E-state index contributed by atoms with van der Waals surface area (Å²) in [7, 11) is 0. The van der Waals surface area contributed by atoms with Crippen LogP contribution < -0.4 is 10.6 Å². The Labute approximate surface area is 95.0 Å². The van der Waals surface area contributed by atoms with Gasteiger partial charge in [0.05, 0.1) is 6.61 Å². The van der Waals surface area contributed by atoms with Gasteiger partial charge in [-0.1, -0.05) is 13.8 Å². The third kappa shape index (κ3) is 7.05. The smallest absolute Gasteiger partial charge is 0.328 e. The summed E-state index contributed by atoms with van der Waals surface area (Å²) in [5.41, 5.74) is 0. The molecule has 0 aliphatic rings. The van der Waals surface area contributed by atoms with Crippen molar-refractivity contribution in [3.63, 3.8) is 0 Å². The second-order valence-electron chi connectivity index (χ2n) is 4.01. The van der Waals surface area contributed by atoms with Gasteiger partial charge in [-0.3, -0.25) is 0 Å². The van der Waals surface area contributed by atoms with Crippen LogP contribution in [0.5, 0.6) is 0 Å². The van der Waals surface area contributed by atoms with Crippen LogP contribution >= 0.6 is 0 Å². The van der Waals surface area contributed by atoms with Gasteiger partial charge in [0, 0.05) is 6.54 Å². The number of amides is 2. The Morgan fingerprint density at radius 3 is 2.38 bits per heavy atom. The van der Waals surface area contributed by atoms with Crippen LogP contribution in [0, 0.1) is 5.92 Å². The van der Waals surface area contributed by atoms with Gasteiger partial charge in [0.15, 0.2) is 6.04 Å². The number of carbonyl (C=O) groups is 2. The molecule has 0 heterocycles. The molecule has 16 heavy (non-hydrogen) atoms. The van der Waals surface area contributed by atoms with Crippen LogP contribution in [0.1, 0.15) is 26.7 Å². The zero-order valence-corrected chi connectivity index (χ0v) is 9.69. The molecule has 0 aromatic heterocycles. The minimum absolute atomic E-state index is 0.502. The fourth-order valence-corrected chi connectivity index (χ4v) is 1.11. The van der Waals surface area contributed by atoms with Gasteiger partial charge in [0.25, 0.3) is 0 Å². The third-order valence-corrected chi connectivity index (χ3v) is 2.03. The Morgan fingerprint density at radius 1 is 1.31 bits per heavy atom. The van der Waals surface area contributed by atoms with E-state index in [-0.39, 0.29) is 0 Å². The summed E-state index contributed by atoms with van der Waals surface area (Å²) in [5, 5.41) is 21.9. The summed E-state index contributed by atoms with van der Waals surface area (Å²) >= 11 is 0. The van der Waals surface area contributed by atoms with Crippen molar-refractivity contribution in [2.45, 2.75) is 32.7 Å². The molecule has 0 saturated carbocycles. The fraction of sp³-hybridized carbons (Fsp3) is 0.800. The van der Waals surface area contributed by atoms with E-state index in [9.17, 15) is 9.59 Å². The van der Waals surface area contributed by atoms with Gasteiger partial charge in [-0.15, -0.1) is 0 Å². The van der Waals surface area contributed by atoms with E-state index >= 15 is 0 Å². The molecule has 2 amide bonds. The molecular weight excluding hydrogens is 212 g/mol. The summed E-state index contributed by atoms with van der Waals surface area (Å²) in [5.74, 6) is -0.672. The molecule has 0 rings (SSSR count). The van der Waals surface area contributed by atoms with Crippen molar-refractivity contribution >= 4 is 12.0 Å². The molecule has 6 nitrogen and oxygen atoms in total. The van der Waals surface area contributed by atoms with Crippen LogP contribution in [0.25, 0.3) is 0 Å². The third-order valence-electron chi connectivity index (χ3n) is 2.03. The van der Waals surface area contributed by atoms with Crippen molar-refractivity contribution in [2.24, 2.45) is 5.92 Å². The summed E-state index contributed by atoms with van der Waals surface area (Å²) in [4.78, 5) is 21.6. The second kappa shape index (κ2) is 7.92. The minimum atomic E-state index is -1.25. The van der Waals surface area contributed by atoms with Crippen molar-refractivity contribution in [2.75, 3.05) is 13.2 Å². The summed E-state index contributed by atoms with van der Waals surface area (Å²) in [6, 6.07) is -1.81. The van der Waals surface area contributed by atoms with Crippen molar-refractivity contribution in [1.29, 1.82) is 0 Å². The van der Waals surface area contributed by atoms with E-state index < -0.39 is 24.6 Å². The van der Waals surface area contributed by atoms with E-state index in [1.165, 1.54) is 0 Å². The van der Waals surface area contributed by atoms with Crippen molar-refractivity contribution in [3.05, 3.63) is 0 Å². The highest BCUT2D eigenvalue weighted by Gasteiger charge is 2.17. The first-order valence-electron chi connectivity index (χ1n) is 5.35. The number of hydrogen-bond acceptors (Lipinski definition) is 3. The van der Waals surface area contributed by atoms with Crippen LogP contribution in [0.2, 0.25) is 0 Å². The highest BCUT2D eigenvalue weighted by molar-refractivity contribution is 5.82. The first-order valence-corrected chi connectivity index (χ1v) is 5.35. The van der Waals surface area contributed by atoms with Crippen LogP contribution in [0.15, 0.2) is 0 Å². The molecule has 0 saturated heterocycles. The number of aliphatic carboxylic acids is 1. The molecule has 0 aromatic rings. The zero-order valence-electron chi connectivity index (χ0n) is 9.69. The van der Waals surface area contributed by atoms with Gasteiger partial charge in [-0.05, 0) is 18.8 Å². The van der Waals surface area contributed by atoms with Gasteiger partial charge >= 0.3 is 12.0 Å². The predicted molar refractivity (Wildman–Crippen MR) is 59.1 cm³/mol. The number of rotatable bonds is 7. The zero-order chi connectivity index (χ0) is 12.6. The molecule has 1 unspecified atom stereocenters. The standard InChI is InChI=1S/C10H20N2O4/c1-7(2)4-3-5-11-10(16)12-8(6-13)9(14)15/h7-8,13H,3-6H2,1-2H3,(H,14,15)(H2,11,12,16). The number of carboxylic acid groups (broad SMARTS) is 1. The van der Waals surface area contributed by atoms with E-state index in [0.717, 1.165) is 12.8 Å². The SMILES string of the molecule is CC(C)CCCNC(=O)NC(CO)C(=O)O. The quantitative estimate of drug-likeness (QED) is 0.470. The summed E-state index contributed by atoms with van der Waals surface area (Å²) < 4.78 is 0. The van der Waals surface area contributed by atoms with Gasteiger partial charge in [-0.25, -0.2) is 9.59 Å². The molecule has 6 heteroatoms. The van der Waals surface area contributed by atoms with E-state index in [2.05, 4.69) is 24.5 Å². The number of carboxylic acids is 1. The van der Waals surface area contributed by atoms with E-state index in [4.69, 9.17) is 10.2 Å². The van der Waals surface area contributed by atoms with Crippen LogP contribution in [-0.2, 0) is 4.79 Å². The first-order chi connectivity index (χ1) is 7.47. The molecule has 0 aromatic carbocycles. The molecule has 4 N–H and O–H groups in total. The Balaban J connectivity index is 3.69. The Bertz CT molecular complexity index is 231. The van der Waals surface area contributed by atoms with Crippen LogP contribution in [-0.4, -0.2) is 41.4 Å². The molecule has 94 valence electrons. The maximum absolute atomic E-state index is 11.2. The Kier molecular flexibility index (Phi) is 7.28. The lowest BCUT2D eigenvalue weighted by atomic mass is 10.1. The number of nitrogens with one attached hydrogen (secondary N) is 2. The first kappa shape index (κ1) is 14.7. The maximum Gasteiger partial charge on any atom is 0.328 e. The maximum atomic E-state index is 11.2. The van der Waals surface area contributed by atoms with Gasteiger partial charge in [0.2, 0.25) is 0 Å². The topological polar surface area (TPSA) is 98.7 Å². The molecule has 0 fully saturated rings. The van der Waals surface area contributed by atoms with Gasteiger partial charge in [-0.2, -0.15) is 0 Å². The molecule has 0 aliphatic carbocycles. The van der Waals surface area contributed by atoms with Gasteiger partial charge in [0.1, 0.15) is 0 Å². The van der Waals surface area contributed by atoms with Gasteiger partial charge < -0.3 is 20.8 Å². The van der Waals surface area contributed by atoms with Crippen LogP contribution in [0.3, 0.4) is 0 Å². The lowest BCUT2D eigenvalue weighted by Gasteiger charge is -2.12. The van der Waals surface area contributed by atoms with E-state index in [1.54, 1.807) is 0 Å². The monoisotopic (exact) mass is 232 g/mol. The minimum Gasteiger partial charge on any atom is -0.480 e. The number of aliphatic hydroxyl groups is 1.